The third-order valence-electron chi connectivity index (χ3n) is 4.66. The lowest BCUT2D eigenvalue weighted by molar-refractivity contribution is -0.121. The SMILES string of the molecule is CCC(CC(=O)NCCCN1CCNCC1)c1ccc(C)cc1. The topological polar surface area (TPSA) is 44.4 Å². The highest BCUT2D eigenvalue weighted by Crippen LogP contribution is 2.23. The molecular formula is C19H31N3O. The molecule has 1 heterocycles. The lowest BCUT2D eigenvalue weighted by Gasteiger charge is -2.27. The van der Waals surface area contributed by atoms with E-state index in [-0.39, 0.29) is 5.91 Å². The van der Waals surface area contributed by atoms with Gasteiger partial charge in [-0.2, -0.15) is 0 Å². The molecule has 0 aliphatic carbocycles. The highest BCUT2D eigenvalue weighted by atomic mass is 16.1. The molecule has 4 heteroatoms. The van der Waals surface area contributed by atoms with E-state index in [0.717, 1.165) is 52.1 Å². The van der Waals surface area contributed by atoms with Crippen LogP contribution in [0.2, 0.25) is 0 Å². The standard InChI is InChI=1S/C19H31N3O/c1-3-17(18-7-5-16(2)6-8-18)15-19(23)21-9-4-12-22-13-10-20-11-14-22/h5-8,17,20H,3-4,9-15H2,1-2H3,(H,21,23). The zero-order chi connectivity index (χ0) is 16.5. The largest absolute Gasteiger partial charge is 0.356 e. The fraction of sp³-hybridized carbons (Fsp3) is 0.632. The van der Waals surface area contributed by atoms with Crippen LogP contribution in [0.1, 0.15) is 43.2 Å². The molecule has 1 atom stereocenters. The number of piperazine rings is 1. The Morgan fingerprint density at radius 3 is 2.61 bits per heavy atom. The van der Waals surface area contributed by atoms with Gasteiger partial charge in [-0.05, 0) is 37.8 Å². The molecule has 4 nitrogen and oxygen atoms in total. The van der Waals surface area contributed by atoms with Crippen molar-refractivity contribution < 1.29 is 4.79 Å². The summed E-state index contributed by atoms with van der Waals surface area (Å²) in [6.45, 7) is 10.5. The number of carbonyl (C=O) groups excluding carboxylic acids is 1. The summed E-state index contributed by atoms with van der Waals surface area (Å²) < 4.78 is 0. The molecule has 2 rings (SSSR count). The Bertz CT molecular complexity index is 466. The lowest BCUT2D eigenvalue weighted by Crippen LogP contribution is -2.44. The Kier molecular flexibility index (Phi) is 7.56. The van der Waals surface area contributed by atoms with Gasteiger partial charge in [0.25, 0.3) is 0 Å². The van der Waals surface area contributed by atoms with Crippen molar-refractivity contribution in [3.8, 4) is 0 Å². The Labute approximate surface area is 140 Å². The van der Waals surface area contributed by atoms with Crippen LogP contribution in [0.4, 0.5) is 0 Å². The number of amides is 1. The van der Waals surface area contributed by atoms with Crippen molar-refractivity contribution in [2.24, 2.45) is 0 Å². The molecule has 0 spiro atoms. The van der Waals surface area contributed by atoms with Crippen LogP contribution in [-0.2, 0) is 4.79 Å². The molecule has 23 heavy (non-hydrogen) atoms. The smallest absolute Gasteiger partial charge is 0.220 e. The number of aryl methyl sites for hydroxylation is 1. The van der Waals surface area contributed by atoms with Crippen LogP contribution in [0.15, 0.2) is 24.3 Å². The molecule has 1 aliphatic rings. The molecule has 0 bridgehead atoms. The second kappa shape index (κ2) is 9.68. The van der Waals surface area contributed by atoms with Crippen LogP contribution in [0, 0.1) is 6.92 Å². The summed E-state index contributed by atoms with van der Waals surface area (Å²) in [5.41, 5.74) is 2.54. The van der Waals surface area contributed by atoms with Gasteiger partial charge in [0.2, 0.25) is 5.91 Å². The van der Waals surface area contributed by atoms with Gasteiger partial charge in [0, 0.05) is 39.1 Å². The fourth-order valence-electron chi connectivity index (χ4n) is 3.10. The predicted molar refractivity (Wildman–Crippen MR) is 95.8 cm³/mol. The predicted octanol–water partition coefficient (Wildman–Crippen LogP) is 2.29. The van der Waals surface area contributed by atoms with Gasteiger partial charge in [-0.1, -0.05) is 36.8 Å². The molecule has 0 saturated carbocycles. The minimum atomic E-state index is 0.178. The second-order valence-electron chi connectivity index (χ2n) is 6.52. The highest BCUT2D eigenvalue weighted by Gasteiger charge is 2.14. The molecule has 1 aromatic carbocycles. The van der Waals surface area contributed by atoms with Crippen LogP contribution in [0.5, 0.6) is 0 Å². The molecule has 128 valence electrons. The van der Waals surface area contributed by atoms with Gasteiger partial charge in [-0.3, -0.25) is 4.79 Å². The van der Waals surface area contributed by atoms with E-state index in [1.54, 1.807) is 0 Å². The number of rotatable bonds is 8. The first-order chi connectivity index (χ1) is 11.2. The van der Waals surface area contributed by atoms with E-state index in [2.05, 4.69) is 53.6 Å². The monoisotopic (exact) mass is 317 g/mol. The summed E-state index contributed by atoms with van der Waals surface area (Å²) >= 11 is 0. The van der Waals surface area contributed by atoms with Crippen LogP contribution >= 0.6 is 0 Å². The molecule has 1 aliphatic heterocycles. The van der Waals surface area contributed by atoms with E-state index < -0.39 is 0 Å². The van der Waals surface area contributed by atoms with E-state index in [1.807, 2.05) is 0 Å². The quantitative estimate of drug-likeness (QED) is 0.723. The van der Waals surface area contributed by atoms with Crippen molar-refractivity contribution >= 4 is 5.91 Å². The lowest BCUT2D eigenvalue weighted by atomic mass is 9.92. The van der Waals surface area contributed by atoms with Crippen LogP contribution in [0.25, 0.3) is 0 Å². The van der Waals surface area contributed by atoms with Gasteiger partial charge in [-0.25, -0.2) is 0 Å². The van der Waals surface area contributed by atoms with Gasteiger partial charge >= 0.3 is 0 Å². The number of hydrogen-bond acceptors (Lipinski definition) is 3. The summed E-state index contributed by atoms with van der Waals surface area (Å²) in [7, 11) is 0. The van der Waals surface area contributed by atoms with Crippen molar-refractivity contribution in [1.29, 1.82) is 0 Å². The van der Waals surface area contributed by atoms with Crippen molar-refractivity contribution in [1.82, 2.24) is 15.5 Å². The summed E-state index contributed by atoms with van der Waals surface area (Å²) in [4.78, 5) is 14.6. The van der Waals surface area contributed by atoms with Gasteiger partial charge in [0.05, 0.1) is 0 Å². The number of nitrogens with one attached hydrogen (secondary N) is 2. The number of hydrogen-bond donors (Lipinski definition) is 2. The van der Waals surface area contributed by atoms with E-state index in [0.29, 0.717) is 12.3 Å². The van der Waals surface area contributed by atoms with E-state index in [1.165, 1.54) is 11.1 Å². The average molecular weight is 317 g/mol. The Hall–Kier alpha value is -1.39. The first-order valence-corrected chi connectivity index (χ1v) is 8.95. The van der Waals surface area contributed by atoms with Crippen LogP contribution in [0.3, 0.4) is 0 Å². The maximum absolute atomic E-state index is 12.2. The van der Waals surface area contributed by atoms with Crippen molar-refractivity contribution in [3.63, 3.8) is 0 Å². The summed E-state index contributed by atoms with van der Waals surface area (Å²) in [6.07, 6.45) is 2.62. The summed E-state index contributed by atoms with van der Waals surface area (Å²) in [5.74, 6) is 0.501. The molecule has 2 N–H and O–H groups in total. The zero-order valence-corrected chi connectivity index (χ0v) is 14.6. The molecule has 1 aromatic rings. The second-order valence-corrected chi connectivity index (χ2v) is 6.52. The molecule has 1 saturated heterocycles. The fourth-order valence-corrected chi connectivity index (χ4v) is 3.10. The van der Waals surface area contributed by atoms with Crippen LogP contribution < -0.4 is 10.6 Å². The molecule has 0 radical (unpaired) electrons. The number of carbonyl (C=O) groups is 1. The normalized spacial score (nSPS) is 17.0. The summed E-state index contributed by atoms with van der Waals surface area (Å²) in [5, 5.41) is 6.45. The van der Waals surface area contributed by atoms with Crippen LogP contribution in [-0.4, -0.2) is 50.1 Å². The highest BCUT2D eigenvalue weighted by molar-refractivity contribution is 5.76. The van der Waals surface area contributed by atoms with Gasteiger partial charge in [-0.15, -0.1) is 0 Å². The average Bonchev–Trinajstić information content (AvgIpc) is 2.58. The number of benzene rings is 1. The Morgan fingerprint density at radius 2 is 1.96 bits per heavy atom. The van der Waals surface area contributed by atoms with E-state index >= 15 is 0 Å². The third-order valence-corrected chi connectivity index (χ3v) is 4.66. The molecule has 0 aromatic heterocycles. The zero-order valence-electron chi connectivity index (χ0n) is 14.6. The van der Waals surface area contributed by atoms with E-state index in [4.69, 9.17) is 0 Å². The number of nitrogens with zero attached hydrogens (tertiary/aromatic N) is 1. The first-order valence-electron chi connectivity index (χ1n) is 8.95. The maximum Gasteiger partial charge on any atom is 0.220 e. The van der Waals surface area contributed by atoms with Gasteiger partial charge < -0.3 is 15.5 Å². The molecule has 1 unspecified atom stereocenters. The van der Waals surface area contributed by atoms with Crippen molar-refractivity contribution in [2.75, 3.05) is 39.3 Å². The van der Waals surface area contributed by atoms with Crippen molar-refractivity contribution in [2.45, 2.75) is 39.0 Å². The minimum Gasteiger partial charge on any atom is -0.356 e. The molecule has 1 fully saturated rings. The van der Waals surface area contributed by atoms with Crippen molar-refractivity contribution in [3.05, 3.63) is 35.4 Å². The summed E-state index contributed by atoms with van der Waals surface area (Å²) in [6, 6.07) is 8.56. The van der Waals surface area contributed by atoms with E-state index in [9.17, 15) is 4.79 Å². The third kappa shape index (κ3) is 6.32. The maximum atomic E-state index is 12.2. The first kappa shape index (κ1) is 18.0. The Balaban J connectivity index is 1.67. The molecular weight excluding hydrogens is 286 g/mol. The molecule has 1 amide bonds. The van der Waals surface area contributed by atoms with Gasteiger partial charge in [0.15, 0.2) is 0 Å². The van der Waals surface area contributed by atoms with Gasteiger partial charge in [0.1, 0.15) is 0 Å². The minimum absolute atomic E-state index is 0.178. The Morgan fingerprint density at radius 1 is 1.26 bits per heavy atom.